The molecule has 0 unspecified atom stereocenters. The van der Waals surface area contributed by atoms with Crippen LogP contribution in [0.5, 0.6) is 0 Å². The minimum atomic E-state index is -0.422. The fourth-order valence-electron chi connectivity index (χ4n) is 3.06. The Morgan fingerprint density at radius 3 is 2.57 bits per heavy atom. The first-order valence-corrected chi connectivity index (χ1v) is 7.95. The number of hydrogen-bond acceptors (Lipinski definition) is 3. The fraction of sp³-hybridized carbons (Fsp3) is 0.316. The van der Waals surface area contributed by atoms with Gasteiger partial charge in [-0.25, -0.2) is 0 Å². The average Bonchev–Trinajstić information content (AvgIpc) is 3.02. The van der Waals surface area contributed by atoms with Crippen molar-refractivity contribution in [2.75, 3.05) is 13.6 Å². The lowest BCUT2D eigenvalue weighted by Gasteiger charge is -2.22. The van der Waals surface area contributed by atoms with Gasteiger partial charge in [-0.1, -0.05) is 54.6 Å². The summed E-state index contributed by atoms with van der Waals surface area (Å²) < 4.78 is 0. The maximum absolute atomic E-state index is 12.5. The molecule has 0 spiro atoms. The summed E-state index contributed by atoms with van der Waals surface area (Å²) in [6.45, 7) is 1.04. The van der Waals surface area contributed by atoms with Crippen LogP contribution in [0.1, 0.15) is 12.0 Å². The summed E-state index contributed by atoms with van der Waals surface area (Å²) in [5, 5.41) is 12.7. The van der Waals surface area contributed by atoms with Crippen molar-refractivity contribution in [1.29, 1.82) is 0 Å². The van der Waals surface area contributed by atoms with E-state index in [1.165, 1.54) is 0 Å². The molecule has 0 radical (unpaired) electrons. The van der Waals surface area contributed by atoms with Crippen molar-refractivity contribution in [2.45, 2.75) is 25.1 Å². The number of carbonyl (C=O) groups is 1. The number of nitrogens with zero attached hydrogens (tertiary/aromatic N) is 1. The molecule has 4 nitrogen and oxygen atoms in total. The van der Waals surface area contributed by atoms with Crippen LogP contribution >= 0.6 is 0 Å². The number of aliphatic hydroxyl groups is 1. The number of β-amino-alcohol motifs (C(OH)–C–C–N with tert-alkyl or cyclic N) is 1. The second-order valence-electron chi connectivity index (χ2n) is 6.07. The van der Waals surface area contributed by atoms with Gasteiger partial charge in [0.05, 0.1) is 12.1 Å². The predicted molar refractivity (Wildman–Crippen MR) is 90.8 cm³/mol. The topological polar surface area (TPSA) is 52.6 Å². The van der Waals surface area contributed by atoms with Gasteiger partial charge in [-0.05, 0) is 23.1 Å². The van der Waals surface area contributed by atoms with Gasteiger partial charge in [0.25, 0.3) is 0 Å². The van der Waals surface area contributed by atoms with Crippen LogP contribution in [0.4, 0.5) is 0 Å². The summed E-state index contributed by atoms with van der Waals surface area (Å²) in [7, 11) is 1.82. The third kappa shape index (κ3) is 3.60. The van der Waals surface area contributed by atoms with E-state index in [1.807, 2.05) is 37.4 Å². The van der Waals surface area contributed by atoms with Crippen molar-refractivity contribution in [3.8, 4) is 11.1 Å². The zero-order valence-corrected chi connectivity index (χ0v) is 13.3. The Kier molecular flexibility index (Phi) is 4.74. The maximum atomic E-state index is 12.5. The molecule has 0 bridgehead atoms. The SMILES string of the molecule is CN(Cc1ccccc1-c1ccccc1)C(=O)[C@@H]1C[C@H](O)CN1. The molecule has 0 aromatic heterocycles. The van der Waals surface area contributed by atoms with E-state index < -0.39 is 6.10 Å². The number of hydrogen-bond donors (Lipinski definition) is 2. The van der Waals surface area contributed by atoms with Gasteiger partial charge in [-0.3, -0.25) is 4.79 Å². The van der Waals surface area contributed by atoms with Gasteiger partial charge in [0.1, 0.15) is 0 Å². The highest BCUT2D eigenvalue weighted by Gasteiger charge is 2.30. The van der Waals surface area contributed by atoms with Crippen LogP contribution in [0.15, 0.2) is 54.6 Å². The summed E-state index contributed by atoms with van der Waals surface area (Å²) in [6, 6.07) is 18.1. The average molecular weight is 310 g/mol. The zero-order valence-electron chi connectivity index (χ0n) is 13.3. The van der Waals surface area contributed by atoms with Crippen molar-refractivity contribution in [3.05, 3.63) is 60.2 Å². The number of nitrogens with one attached hydrogen (secondary N) is 1. The van der Waals surface area contributed by atoms with Crippen molar-refractivity contribution >= 4 is 5.91 Å². The monoisotopic (exact) mass is 310 g/mol. The highest BCUT2D eigenvalue weighted by Crippen LogP contribution is 2.24. The Balaban J connectivity index is 1.76. The zero-order chi connectivity index (χ0) is 16.2. The molecule has 1 saturated heterocycles. The highest BCUT2D eigenvalue weighted by atomic mass is 16.3. The molecular formula is C19H22N2O2. The van der Waals surface area contributed by atoms with Crippen LogP contribution in [0, 0.1) is 0 Å². The summed E-state index contributed by atoms with van der Waals surface area (Å²) in [6.07, 6.45) is 0.0673. The summed E-state index contributed by atoms with van der Waals surface area (Å²) in [4.78, 5) is 14.2. The summed E-state index contributed by atoms with van der Waals surface area (Å²) in [5.41, 5.74) is 3.42. The van der Waals surface area contributed by atoms with Crippen LogP contribution in [0.25, 0.3) is 11.1 Å². The van der Waals surface area contributed by atoms with E-state index >= 15 is 0 Å². The Morgan fingerprint density at radius 2 is 1.87 bits per heavy atom. The molecule has 23 heavy (non-hydrogen) atoms. The molecule has 1 aliphatic heterocycles. The molecule has 1 heterocycles. The third-order valence-electron chi connectivity index (χ3n) is 4.29. The number of rotatable bonds is 4. The minimum absolute atomic E-state index is 0.0319. The van der Waals surface area contributed by atoms with Crippen LogP contribution in [0.2, 0.25) is 0 Å². The lowest BCUT2D eigenvalue weighted by atomic mass is 9.99. The number of likely N-dealkylation sites (N-methyl/N-ethyl adjacent to an activating group) is 1. The molecule has 3 rings (SSSR count). The van der Waals surface area contributed by atoms with Gasteiger partial charge in [0.15, 0.2) is 0 Å². The molecule has 2 aromatic carbocycles. The number of benzene rings is 2. The van der Waals surface area contributed by atoms with Crippen molar-refractivity contribution in [3.63, 3.8) is 0 Å². The van der Waals surface area contributed by atoms with Crippen LogP contribution in [0.3, 0.4) is 0 Å². The highest BCUT2D eigenvalue weighted by molar-refractivity contribution is 5.82. The maximum Gasteiger partial charge on any atom is 0.239 e. The molecule has 2 N–H and O–H groups in total. The lowest BCUT2D eigenvalue weighted by Crippen LogP contribution is -2.41. The lowest BCUT2D eigenvalue weighted by molar-refractivity contribution is -0.132. The largest absolute Gasteiger partial charge is 0.392 e. The van der Waals surface area contributed by atoms with Crippen LogP contribution < -0.4 is 5.32 Å². The van der Waals surface area contributed by atoms with E-state index in [0.29, 0.717) is 19.5 Å². The second kappa shape index (κ2) is 6.94. The number of carbonyl (C=O) groups excluding carboxylic acids is 1. The molecule has 4 heteroatoms. The molecule has 1 amide bonds. The van der Waals surface area contributed by atoms with Gasteiger partial charge in [-0.15, -0.1) is 0 Å². The molecule has 2 atom stereocenters. The van der Waals surface area contributed by atoms with Crippen molar-refractivity contribution in [1.82, 2.24) is 10.2 Å². The third-order valence-corrected chi connectivity index (χ3v) is 4.29. The van der Waals surface area contributed by atoms with E-state index in [-0.39, 0.29) is 11.9 Å². The van der Waals surface area contributed by atoms with Gasteiger partial charge in [-0.2, -0.15) is 0 Å². The van der Waals surface area contributed by atoms with Gasteiger partial charge in [0, 0.05) is 20.1 Å². The molecule has 1 aliphatic rings. The van der Waals surface area contributed by atoms with E-state index in [9.17, 15) is 9.90 Å². The second-order valence-corrected chi connectivity index (χ2v) is 6.07. The molecular weight excluding hydrogens is 288 g/mol. The Bertz CT molecular complexity index is 672. The first-order valence-electron chi connectivity index (χ1n) is 7.95. The Morgan fingerprint density at radius 1 is 1.17 bits per heavy atom. The van der Waals surface area contributed by atoms with Gasteiger partial charge < -0.3 is 15.3 Å². The van der Waals surface area contributed by atoms with E-state index in [4.69, 9.17) is 0 Å². The minimum Gasteiger partial charge on any atom is -0.392 e. The standard InChI is InChI=1S/C19H22N2O2/c1-21(19(23)18-11-16(22)12-20-18)13-15-9-5-6-10-17(15)14-7-3-2-4-8-14/h2-10,16,18,20,22H,11-13H2,1H3/t16-,18-/m0/s1. The summed E-state index contributed by atoms with van der Waals surface area (Å²) in [5.74, 6) is 0.0319. The Labute approximate surface area is 136 Å². The summed E-state index contributed by atoms with van der Waals surface area (Å²) >= 11 is 0. The van der Waals surface area contributed by atoms with Gasteiger partial charge in [0.2, 0.25) is 5.91 Å². The smallest absolute Gasteiger partial charge is 0.239 e. The molecule has 2 aromatic rings. The fourth-order valence-corrected chi connectivity index (χ4v) is 3.06. The van der Waals surface area contributed by atoms with E-state index in [2.05, 4.69) is 29.6 Å². The first kappa shape index (κ1) is 15.7. The van der Waals surface area contributed by atoms with Crippen molar-refractivity contribution in [2.24, 2.45) is 0 Å². The van der Waals surface area contributed by atoms with E-state index in [0.717, 1.165) is 16.7 Å². The Hall–Kier alpha value is -2.17. The van der Waals surface area contributed by atoms with Gasteiger partial charge >= 0.3 is 0 Å². The van der Waals surface area contributed by atoms with Crippen LogP contribution in [-0.4, -0.2) is 41.7 Å². The molecule has 0 aliphatic carbocycles. The van der Waals surface area contributed by atoms with Crippen molar-refractivity contribution < 1.29 is 9.90 Å². The van der Waals surface area contributed by atoms with E-state index in [1.54, 1.807) is 4.90 Å². The molecule has 1 fully saturated rings. The van der Waals surface area contributed by atoms with Crippen LogP contribution in [-0.2, 0) is 11.3 Å². The number of aliphatic hydroxyl groups excluding tert-OH is 1. The quantitative estimate of drug-likeness (QED) is 0.908. The normalized spacial score (nSPS) is 20.4. The first-order chi connectivity index (χ1) is 11.1. The molecule has 120 valence electrons. The predicted octanol–water partition coefficient (Wildman–Crippen LogP) is 2.03. The molecule has 0 saturated carbocycles. The number of amides is 1.